The molecule has 0 spiro atoms. The second-order valence-corrected chi connectivity index (χ2v) is 6.73. The zero-order chi connectivity index (χ0) is 12.4. The minimum atomic E-state index is 0.100. The summed E-state index contributed by atoms with van der Waals surface area (Å²) in [6.45, 7) is 4.28. The van der Waals surface area contributed by atoms with Gasteiger partial charge in [0.05, 0.1) is 10.7 Å². The Bertz CT molecular complexity index is 395. The molecule has 1 aromatic heterocycles. The Kier molecular flexibility index (Phi) is 3.61. The molecule has 2 aliphatic rings. The molecule has 2 aliphatic heterocycles. The van der Waals surface area contributed by atoms with E-state index in [-0.39, 0.29) is 5.41 Å². The molecular weight excluding hydrogens is 246 g/mol. The van der Waals surface area contributed by atoms with E-state index in [2.05, 4.69) is 17.4 Å². The Morgan fingerprint density at radius 1 is 1.56 bits per heavy atom. The van der Waals surface area contributed by atoms with Gasteiger partial charge in [-0.1, -0.05) is 18.5 Å². The van der Waals surface area contributed by atoms with Crippen LogP contribution in [0.3, 0.4) is 0 Å². The van der Waals surface area contributed by atoms with Crippen molar-refractivity contribution in [3.8, 4) is 0 Å². The maximum absolute atomic E-state index is 5.60. The third kappa shape index (κ3) is 2.18. The van der Waals surface area contributed by atoms with Crippen molar-refractivity contribution < 1.29 is 4.52 Å². The molecule has 3 rings (SSSR count). The summed E-state index contributed by atoms with van der Waals surface area (Å²) in [5, 5.41) is 8.15. The topological polar surface area (TPSA) is 51.0 Å². The normalized spacial score (nSPS) is 32.2. The number of nitrogens with zero attached hydrogens (tertiary/aromatic N) is 2. The van der Waals surface area contributed by atoms with Crippen molar-refractivity contribution in [1.29, 1.82) is 0 Å². The van der Waals surface area contributed by atoms with Crippen molar-refractivity contribution in [2.75, 3.05) is 18.8 Å². The lowest BCUT2D eigenvalue weighted by Crippen LogP contribution is -2.29. The van der Waals surface area contributed by atoms with Gasteiger partial charge in [0.1, 0.15) is 0 Å². The van der Waals surface area contributed by atoms with E-state index < -0.39 is 0 Å². The van der Waals surface area contributed by atoms with Crippen LogP contribution in [0.2, 0.25) is 0 Å². The monoisotopic (exact) mass is 267 g/mol. The van der Waals surface area contributed by atoms with Crippen molar-refractivity contribution in [1.82, 2.24) is 15.5 Å². The van der Waals surface area contributed by atoms with Crippen LogP contribution in [0.4, 0.5) is 0 Å². The van der Waals surface area contributed by atoms with Gasteiger partial charge < -0.3 is 9.84 Å². The number of thioether (sulfide) groups is 1. The van der Waals surface area contributed by atoms with Gasteiger partial charge in [0.15, 0.2) is 5.82 Å². The lowest BCUT2D eigenvalue weighted by atomic mass is 9.82. The van der Waals surface area contributed by atoms with Crippen LogP contribution in [0.5, 0.6) is 0 Å². The molecule has 0 saturated carbocycles. The first-order valence-electron chi connectivity index (χ1n) is 7.00. The molecule has 1 N–H and O–H groups in total. The molecule has 5 heteroatoms. The van der Waals surface area contributed by atoms with E-state index in [0.29, 0.717) is 5.25 Å². The fourth-order valence-electron chi connectivity index (χ4n) is 3.09. The van der Waals surface area contributed by atoms with Gasteiger partial charge in [0, 0.05) is 6.54 Å². The highest BCUT2D eigenvalue weighted by Crippen LogP contribution is 2.40. The van der Waals surface area contributed by atoms with Crippen LogP contribution in [-0.2, 0) is 5.41 Å². The molecule has 0 radical (unpaired) electrons. The number of rotatable bonds is 4. The van der Waals surface area contributed by atoms with Crippen LogP contribution in [0.15, 0.2) is 4.52 Å². The highest BCUT2D eigenvalue weighted by atomic mass is 32.2. The molecule has 0 bridgehead atoms. The first-order valence-corrected chi connectivity index (χ1v) is 8.05. The molecule has 100 valence electrons. The lowest BCUT2D eigenvalue weighted by Gasteiger charge is -2.22. The SMILES string of the molecule is CCCC1(c2nc(C3CCCS3)no2)CCNC1. The van der Waals surface area contributed by atoms with Gasteiger partial charge in [-0.25, -0.2) is 0 Å². The molecule has 2 atom stereocenters. The van der Waals surface area contributed by atoms with Crippen LogP contribution in [0, 0.1) is 0 Å². The maximum Gasteiger partial charge on any atom is 0.234 e. The minimum Gasteiger partial charge on any atom is -0.339 e. The summed E-state index contributed by atoms with van der Waals surface area (Å²) in [6, 6.07) is 0. The second-order valence-electron chi connectivity index (χ2n) is 5.42. The highest BCUT2D eigenvalue weighted by Gasteiger charge is 2.40. The summed E-state index contributed by atoms with van der Waals surface area (Å²) >= 11 is 1.96. The molecule has 0 aromatic carbocycles. The number of hydrogen-bond donors (Lipinski definition) is 1. The Morgan fingerprint density at radius 2 is 2.50 bits per heavy atom. The van der Waals surface area contributed by atoms with Crippen LogP contribution < -0.4 is 5.32 Å². The molecule has 2 saturated heterocycles. The van der Waals surface area contributed by atoms with Crippen molar-refractivity contribution in [3.63, 3.8) is 0 Å². The zero-order valence-corrected chi connectivity index (χ0v) is 11.8. The Morgan fingerprint density at radius 3 is 3.17 bits per heavy atom. The van der Waals surface area contributed by atoms with Crippen LogP contribution >= 0.6 is 11.8 Å². The average Bonchev–Trinajstić information content (AvgIpc) is 3.11. The van der Waals surface area contributed by atoms with Crippen LogP contribution in [-0.4, -0.2) is 29.0 Å². The van der Waals surface area contributed by atoms with Gasteiger partial charge in [-0.15, -0.1) is 0 Å². The van der Waals surface area contributed by atoms with Crippen LogP contribution in [0.1, 0.15) is 56.0 Å². The van der Waals surface area contributed by atoms with E-state index in [0.717, 1.165) is 44.1 Å². The highest BCUT2D eigenvalue weighted by molar-refractivity contribution is 7.99. The largest absolute Gasteiger partial charge is 0.339 e. The average molecular weight is 267 g/mol. The van der Waals surface area contributed by atoms with Gasteiger partial charge >= 0.3 is 0 Å². The molecule has 0 amide bonds. The quantitative estimate of drug-likeness (QED) is 0.909. The third-order valence-corrected chi connectivity index (χ3v) is 5.46. The molecule has 2 unspecified atom stereocenters. The summed E-state index contributed by atoms with van der Waals surface area (Å²) in [5.74, 6) is 3.03. The lowest BCUT2D eigenvalue weighted by molar-refractivity contribution is 0.275. The summed E-state index contributed by atoms with van der Waals surface area (Å²) in [4.78, 5) is 4.73. The molecule has 4 nitrogen and oxygen atoms in total. The van der Waals surface area contributed by atoms with Crippen molar-refractivity contribution >= 4 is 11.8 Å². The van der Waals surface area contributed by atoms with Gasteiger partial charge in [0.25, 0.3) is 0 Å². The Labute approximate surface area is 112 Å². The predicted molar refractivity (Wildman–Crippen MR) is 72.8 cm³/mol. The molecule has 18 heavy (non-hydrogen) atoms. The van der Waals surface area contributed by atoms with E-state index in [1.165, 1.54) is 18.6 Å². The second kappa shape index (κ2) is 5.21. The predicted octanol–water partition coefficient (Wildman–Crippen LogP) is 2.67. The van der Waals surface area contributed by atoms with E-state index in [1.807, 2.05) is 11.8 Å². The fraction of sp³-hybridized carbons (Fsp3) is 0.846. The van der Waals surface area contributed by atoms with E-state index >= 15 is 0 Å². The molecular formula is C13H21N3OS. The van der Waals surface area contributed by atoms with Crippen molar-refractivity contribution in [2.24, 2.45) is 0 Å². The number of hydrogen-bond acceptors (Lipinski definition) is 5. The zero-order valence-electron chi connectivity index (χ0n) is 10.9. The summed E-state index contributed by atoms with van der Waals surface area (Å²) in [5.41, 5.74) is 0.100. The standard InChI is InChI=1S/C13H21N3OS/c1-2-5-13(6-7-14-9-13)12-15-11(16-17-12)10-4-3-8-18-10/h10,14H,2-9H2,1H3. The molecule has 0 aliphatic carbocycles. The summed E-state index contributed by atoms with van der Waals surface area (Å²) < 4.78 is 5.60. The molecule has 2 fully saturated rings. The smallest absolute Gasteiger partial charge is 0.234 e. The maximum atomic E-state index is 5.60. The summed E-state index contributed by atoms with van der Waals surface area (Å²) in [7, 11) is 0. The fourth-order valence-corrected chi connectivity index (χ4v) is 4.28. The van der Waals surface area contributed by atoms with Gasteiger partial charge in [-0.05, 0) is 38.0 Å². The first kappa shape index (κ1) is 12.5. The number of aromatic nitrogens is 2. The third-order valence-electron chi connectivity index (χ3n) is 4.09. The van der Waals surface area contributed by atoms with Crippen LogP contribution in [0.25, 0.3) is 0 Å². The molecule has 3 heterocycles. The number of nitrogens with one attached hydrogen (secondary N) is 1. The first-order chi connectivity index (χ1) is 8.84. The van der Waals surface area contributed by atoms with Crippen molar-refractivity contribution in [3.05, 3.63) is 11.7 Å². The van der Waals surface area contributed by atoms with Crippen molar-refractivity contribution in [2.45, 2.75) is 49.7 Å². The Balaban J connectivity index is 1.82. The van der Waals surface area contributed by atoms with E-state index in [9.17, 15) is 0 Å². The molecule has 1 aromatic rings. The Hall–Kier alpha value is -0.550. The van der Waals surface area contributed by atoms with Gasteiger partial charge in [-0.3, -0.25) is 0 Å². The van der Waals surface area contributed by atoms with Gasteiger partial charge in [-0.2, -0.15) is 16.7 Å². The van der Waals surface area contributed by atoms with E-state index in [1.54, 1.807) is 0 Å². The van der Waals surface area contributed by atoms with Gasteiger partial charge in [0.2, 0.25) is 5.89 Å². The summed E-state index contributed by atoms with van der Waals surface area (Å²) in [6.07, 6.45) is 5.90. The van der Waals surface area contributed by atoms with E-state index in [4.69, 9.17) is 9.51 Å². The minimum absolute atomic E-state index is 0.100.